The lowest BCUT2D eigenvalue weighted by Gasteiger charge is -2.24. The molecule has 1 aromatic carbocycles. The SMILES string of the molecule is COc1c(C(=O)C2CC2)cc(C)cc1C(C)(C)C. The summed E-state index contributed by atoms with van der Waals surface area (Å²) in [5.74, 6) is 1.25. The number of carbonyl (C=O) groups is 1. The van der Waals surface area contributed by atoms with Crippen LogP contribution < -0.4 is 4.74 Å². The third-order valence-electron chi connectivity index (χ3n) is 3.46. The van der Waals surface area contributed by atoms with E-state index in [0.29, 0.717) is 0 Å². The van der Waals surface area contributed by atoms with Crippen LogP contribution in [0.5, 0.6) is 5.75 Å². The van der Waals surface area contributed by atoms with Crippen molar-refractivity contribution in [1.29, 1.82) is 0 Å². The lowest BCUT2D eigenvalue weighted by Crippen LogP contribution is -2.16. The highest BCUT2D eigenvalue weighted by molar-refractivity contribution is 6.02. The summed E-state index contributed by atoms with van der Waals surface area (Å²) in [6, 6.07) is 4.09. The van der Waals surface area contributed by atoms with Crippen molar-refractivity contribution in [3.05, 3.63) is 28.8 Å². The Balaban J connectivity index is 2.57. The van der Waals surface area contributed by atoms with Gasteiger partial charge in [0.2, 0.25) is 0 Å². The Kier molecular flexibility index (Phi) is 3.22. The highest BCUT2D eigenvalue weighted by atomic mass is 16.5. The van der Waals surface area contributed by atoms with Crippen LogP contribution >= 0.6 is 0 Å². The summed E-state index contributed by atoms with van der Waals surface area (Å²) < 4.78 is 5.54. The number of Topliss-reactive ketones (excluding diaryl/α,β-unsaturated/α-hetero) is 1. The van der Waals surface area contributed by atoms with Crippen LogP contribution in [0.1, 0.15) is 55.1 Å². The number of hydrogen-bond donors (Lipinski definition) is 0. The highest BCUT2D eigenvalue weighted by Crippen LogP contribution is 2.40. The quantitative estimate of drug-likeness (QED) is 0.756. The second kappa shape index (κ2) is 4.42. The zero-order valence-corrected chi connectivity index (χ0v) is 12.0. The Morgan fingerprint density at radius 3 is 2.33 bits per heavy atom. The van der Waals surface area contributed by atoms with E-state index in [9.17, 15) is 4.79 Å². The first kappa shape index (κ1) is 13.1. The maximum absolute atomic E-state index is 12.3. The molecule has 0 spiro atoms. The van der Waals surface area contributed by atoms with E-state index < -0.39 is 0 Å². The molecule has 2 heteroatoms. The molecule has 1 aromatic rings. The van der Waals surface area contributed by atoms with Gasteiger partial charge in [0.25, 0.3) is 0 Å². The molecule has 1 saturated carbocycles. The summed E-state index contributed by atoms with van der Waals surface area (Å²) in [7, 11) is 1.66. The van der Waals surface area contributed by atoms with Gasteiger partial charge in [-0.15, -0.1) is 0 Å². The second-order valence-electron chi connectivity index (χ2n) is 6.28. The van der Waals surface area contributed by atoms with Crippen LogP contribution in [0.2, 0.25) is 0 Å². The standard InChI is InChI=1S/C16H22O2/c1-10-8-12(14(17)11-6-7-11)15(18-5)13(9-10)16(2,3)4/h8-9,11H,6-7H2,1-5H3. The molecule has 2 nitrogen and oxygen atoms in total. The minimum atomic E-state index is -0.0179. The lowest BCUT2D eigenvalue weighted by atomic mass is 9.83. The van der Waals surface area contributed by atoms with Gasteiger partial charge in [-0.2, -0.15) is 0 Å². The van der Waals surface area contributed by atoms with Crippen LogP contribution in [0, 0.1) is 12.8 Å². The van der Waals surface area contributed by atoms with Gasteiger partial charge in [0.1, 0.15) is 5.75 Å². The molecule has 0 heterocycles. The van der Waals surface area contributed by atoms with E-state index >= 15 is 0 Å². The number of aryl methyl sites for hydroxylation is 1. The molecule has 0 aromatic heterocycles. The summed E-state index contributed by atoms with van der Waals surface area (Å²) in [5, 5.41) is 0. The van der Waals surface area contributed by atoms with Gasteiger partial charge >= 0.3 is 0 Å². The van der Waals surface area contributed by atoms with Crippen molar-refractivity contribution in [2.75, 3.05) is 7.11 Å². The van der Waals surface area contributed by atoms with Crippen molar-refractivity contribution in [2.24, 2.45) is 5.92 Å². The Morgan fingerprint density at radius 1 is 1.28 bits per heavy atom. The van der Waals surface area contributed by atoms with Crippen LogP contribution in [0.15, 0.2) is 12.1 Å². The third kappa shape index (κ3) is 2.43. The van der Waals surface area contributed by atoms with Gasteiger partial charge in [0.05, 0.1) is 12.7 Å². The van der Waals surface area contributed by atoms with Crippen LogP contribution in [0.3, 0.4) is 0 Å². The second-order valence-corrected chi connectivity index (χ2v) is 6.28. The van der Waals surface area contributed by atoms with E-state index in [0.717, 1.165) is 35.3 Å². The van der Waals surface area contributed by atoms with E-state index in [1.807, 2.05) is 13.0 Å². The van der Waals surface area contributed by atoms with Crippen molar-refractivity contribution >= 4 is 5.78 Å². The number of hydrogen-bond acceptors (Lipinski definition) is 2. The molecule has 0 radical (unpaired) electrons. The molecule has 18 heavy (non-hydrogen) atoms. The van der Waals surface area contributed by atoms with Crippen molar-refractivity contribution in [3.63, 3.8) is 0 Å². The van der Waals surface area contributed by atoms with E-state index in [1.165, 1.54) is 0 Å². The maximum Gasteiger partial charge on any atom is 0.169 e. The predicted molar refractivity (Wildman–Crippen MR) is 73.5 cm³/mol. The number of methoxy groups -OCH3 is 1. The van der Waals surface area contributed by atoms with Crippen LogP contribution in [0.25, 0.3) is 0 Å². The Bertz CT molecular complexity index is 477. The zero-order valence-electron chi connectivity index (χ0n) is 12.0. The number of ketones is 1. The minimum Gasteiger partial charge on any atom is -0.496 e. The van der Waals surface area contributed by atoms with Crippen molar-refractivity contribution < 1.29 is 9.53 Å². The average Bonchev–Trinajstić information content (AvgIpc) is 3.09. The molecule has 0 bridgehead atoms. The largest absolute Gasteiger partial charge is 0.496 e. The summed E-state index contributed by atoms with van der Waals surface area (Å²) >= 11 is 0. The number of rotatable bonds is 3. The van der Waals surface area contributed by atoms with Crippen LogP contribution in [-0.2, 0) is 5.41 Å². The molecule has 0 saturated heterocycles. The first-order valence-corrected chi connectivity index (χ1v) is 6.58. The Morgan fingerprint density at radius 2 is 1.89 bits per heavy atom. The van der Waals surface area contributed by atoms with E-state index in [2.05, 4.69) is 26.8 Å². The first-order valence-electron chi connectivity index (χ1n) is 6.58. The van der Waals surface area contributed by atoms with Crippen LogP contribution in [-0.4, -0.2) is 12.9 Å². The molecule has 0 atom stereocenters. The van der Waals surface area contributed by atoms with Gasteiger partial charge in [-0.3, -0.25) is 4.79 Å². The summed E-state index contributed by atoms with van der Waals surface area (Å²) in [4.78, 5) is 12.3. The van der Waals surface area contributed by atoms with Crippen molar-refractivity contribution in [3.8, 4) is 5.75 Å². The number of carbonyl (C=O) groups excluding carboxylic acids is 1. The summed E-state index contributed by atoms with van der Waals surface area (Å²) in [6.45, 7) is 8.49. The molecular weight excluding hydrogens is 224 g/mol. The van der Waals surface area contributed by atoms with Crippen LogP contribution in [0.4, 0.5) is 0 Å². The van der Waals surface area contributed by atoms with Gasteiger partial charge in [-0.05, 0) is 36.8 Å². The molecule has 0 unspecified atom stereocenters. The third-order valence-corrected chi connectivity index (χ3v) is 3.46. The molecule has 2 rings (SSSR count). The monoisotopic (exact) mass is 246 g/mol. The fraction of sp³-hybridized carbons (Fsp3) is 0.562. The normalized spacial score (nSPS) is 15.6. The Hall–Kier alpha value is -1.31. The molecule has 0 N–H and O–H groups in total. The van der Waals surface area contributed by atoms with Gasteiger partial charge < -0.3 is 4.74 Å². The number of benzene rings is 1. The molecule has 1 aliphatic carbocycles. The van der Waals surface area contributed by atoms with Gasteiger partial charge in [-0.1, -0.05) is 26.8 Å². The molecule has 0 amide bonds. The molecule has 0 aliphatic heterocycles. The molecule has 1 aliphatic rings. The zero-order chi connectivity index (χ0) is 13.5. The fourth-order valence-corrected chi connectivity index (χ4v) is 2.30. The highest BCUT2D eigenvalue weighted by Gasteiger charge is 2.34. The maximum atomic E-state index is 12.3. The van der Waals surface area contributed by atoms with Crippen molar-refractivity contribution in [1.82, 2.24) is 0 Å². The molecular formula is C16H22O2. The van der Waals surface area contributed by atoms with Gasteiger partial charge in [0.15, 0.2) is 5.78 Å². The average molecular weight is 246 g/mol. The van der Waals surface area contributed by atoms with E-state index in [1.54, 1.807) is 7.11 Å². The smallest absolute Gasteiger partial charge is 0.169 e. The topological polar surface area (TPSA) is 26.3 Å². The van der Waals surface area contributed by atoms with Crippen molar-refractivity contribution in [2.45, 2.75) is 46.0 Å². The van der Waals surface area contributed by atoms with E-state index in [-0.39, 0.29) is 17.1 Å². The summed E-state index contributed by atoms with van der Waals surface area (Å²) in [5.41, 5.74) is 3.00. The first-order chi connectivity index (χ1) is 8.34. The van der Waals surface area contributed by atoms with Gasteiger partial charge in [0, 0.05) is 11.5 Å². The predicted octanol–water partition coefficient (Wildman–Crippen LogP) is 3.89. The molecule has 98 valence electrons. The Labute approximate surface area is 109 Å². The lowest BCUT2D eigenvalue weighted by molar-refractivity contribution is 0.0964. The molecule has 1 fully saturated rings. The minimum absolute atomic E-state index is 0.0179. The summed E-state index contributed by atoms with van der Waals surface area (Å²) in [6.07, 6.45) is 2.06. The van der Waals surface area contributed by atoms with E-state index in [4.69, 9.17) is 4.74 Å². The fourth-order valence-electron chi connectivity index (χ4n) is 2.30. The number of ether oxygens (including phenoxy) is 1. The van der Waals surface area contributed by atoms with Gasteiger partial charge in [-0.25, -0.2) is 0 Å².